The van der Waals surface area contributed by atoms with Gasteiger partial charge in [-0.3, -0.25) is 0 Å². The average Bonchev–Trinajstić information content (AvgIpc) is 2.80. The van der Waals surface area contributed by atoms with Gasteiger partial charge in [0.1, 0.15) is 0 Å². The molecular formula is C16H20ClNS. The van der Waals surface area contributed by atoms with Crippen LogP contribution in [0.2, 0.25) is 5.02 Å². The van der Waals surface area contributed by atoms with Crippen molar-refractivity contribution in [3.63, 3.8) is 0 Å². The van der Waals surface area contributed by atoms with E-state index in [-0.39, 0.29) is 6.04 Å². The van der Waals surface area contributed by atoms with Crippen LogP contribution < -0.4 is 5.32 Å². The van der Waals surface area contributed by atoms with Gasteiger partial charge in [0.15, 0.2) is 0 Å². The summed E-state index contributed by atoms with van der Waals surface area (Å²) in [6.45, 7) is 7.45. The lowest BCUT2D eigenvalue weighted by molar-refractivity contribution is 0.598. The first-order valence-electron chi connectivity index (χ1n) is 6.67. The molecule has 0 spiro atoms. The quantitative estimate of drug-likeness (QED) is 0.808. The molecule has 0 amide bonds. The van der Waals surface area contributed by atoms with Crippen LogP contribution in [0.1, 0.15) is 41.0 Å². The highest BCUT2D eigenvalue weighted by molar-refractivity contribution is 7.10. The molecule has 19 heavy (non-hydrogen) atoms. The molecule has 0 saturated heterocycles. The highest BCUT2D eigenvalue weighted by Gasteiger charge is 2.16. The number of halogens is 1. The van der Waals surface area contributed by atoms with Crippen molar-refractivity contribution >= 4 is 22.9 Å². The smallest absolute Gasteiger partial charge is 0.0587 e. The normalized spacial score (nSPS) is 12.6. The van der Waals surface area contributed by atoms with Gasteiger partial charge >= 0.3 is 0 Å². The van der Waals surface area contributed by atoms with Crippen LogP contribution in [0.5, 0.6) is 0 Å². The molecule has 0 aliphatic carbocycles. The van der Waals surface area contributed by atoms with Crippen LogP contribution in [0.25, 0.3) is 0 Å². The third-order valence-electron chi connectivity index (χ3n) is 3.32. The van der Waals surface area contributed by atoms with Gasteiger partial charge in [0.05, 0.1) is 6.04 Å². The number of nitrogens with one attached hydrogen (secondary N) is 1. The Bertz CT molecular complexity index is 547. The highest BCUT2D eigenvalue weighted by atomic mass is 35.5. The number of hydrogen-bond donors (Lipinski definition) is 1. The van der Waals surface area contributed by atoms with Crippen LogP contribution in [-0.4, -0.2) is 6.54 Å². The second-order valence-electron chi connectivity index (χ2n) is 4.83. The van der Waals surface area contributed by atoms with E-state index in [0.717, 1.165) is 23.6 Å². The third-order valence-corrected chi connectivity index (χ3v) is 4.61. The summed E-state index contributed by atoms with van der Waals surface area (Å²) in [5, 5.41) is 6.63. The SMILES string of the molecule is CCCNC(c1ccc(Cl)c(C)c1)c1ccsc1C. The van der Waals surface area contributed by atoms with Crippen molar-refractivity contribution in [3.05, 3.63) is 56.2 Å². The zero-order chi connectivity index (χ0) is 13.8. The number of rotatable bonds is 5. The number of aryl methyl sites for hydroxylation is 2. The largest absolute Gasteiger partial charge is 0.306 e. The summed E-state index contributed by atoms with van der Waals surface area (Å²) >= 11 is 7.93. The van der Waals surface area contributed by atoms with Crippen molar-refractivity contribution in [2.24, 2.45) is 0 Å². The van der Waals surface area contributed by atoms with Crippen molar-refractivity contribution in [1.82, 2.24) is 5.32 Å². The second kappa shape index (κ2) is 6.56. The molecule has 1 aromatic carbocycles. The average molecular weight is 294 g/mol. The summed E-state index contributed by atoms with van der Waals surface area (Å²) in [5.74, 6) is 0. The molecule has 1 atom stereocenters. The molecule has 0 aliphatic rings. The zero-order valence-electron chi connectivity index (χ0n) is 11.7. The predicted octanol–water partition coefficient (Wildman–Crippen LogP) is 5.11. The van der Waals surface area contributed by atoms with Crippen molar-refractivity contribution < 1.29 is 0 Å². The van der Waals surface area contributed by atoms with Gasteiger partial charge in [-0.1, -0.05) is 30.7 Å². The van der Waals surface area contributed by atoms with Gasteiger partial charge in [-0.25, -0.2) is 0 Å². The summed E-state index contributed by atoms with van der Waals surface area (Å²) in [6, 6.07) is 8.79. The van der Waals surface area contributed by atoms with Gasteiger partial charge in [-0.2, -0.15) is 0 Å². The number of benzene rings is 1. The first-order valence-corrected chi connectivity index (χ1v) is 7.92. The fraction of sp³-hybridized carbons (Fsp3) is 0.375. The molecule has 0 fully saturated rings. The maximum absolute atomic E-state index is 6.13. The molecule has 2 aromatic rings. The van der Waals surface area contributed by atoms with Gasteiger partial charge in [0.25, 0.3) is 0 Å². The van der Waals surface area contributed by atoms with Crippen LogP contribution in [0.4, 0.5) is 0 Å². The lowest BCUT2D eigenvalue weighted by Crippen LogP contribution is -2.23. The Kier molecular flexibility index (Phi) is 5.03. The van der Waals surface area contributed by atoms with E-state index in [2.05, 4.69) is 49.7 Å². The minimum Gasteiger partial charge on any atom is -0.306 e. The first kappa shape index (κ1) is 14.6. The molecule has 2 rings (SSSR count). The monoisotopic (exact) mass is 293 g/mol. The summed E-state index contributed by atoms with van der Waals surface area (Å²) in [7, 11) is 0. The Labute approximate surface area is 124 Å². The minimum absolute atomic E-state index is 0.266. The lowest BCUT2D eigenvalue weighted by Gasteiger charge is -2.20. The molecule has 0 radical (unpaired) electrons. The molecule has 3 heteroatoms. The van der Waals surface area contributed by atoms with Gasteiger partial charge in [-0.05, 0) is 61.0 Å². The van der Waals surface area contributed by atoms with Crippen LogP contribution in [0, 0.1) is 13.8 Å². The molecule has 1 N–H and O–H groups in total. The third kappa shape index (κ3) is 3.38. The Morgan fingerprint density at radius 2 is 2.05 bits per heavy atom. The van der Waals surface area contributed by atoms with Gasteiger partial charge in [0.2, 0.25) is 0 Å². The predicted molar refractivity (Wildman–Crippen MR) is 85.4 cm³/mol. The number of thiophene rings is 1. The molecule has 102 valence electrons. The Hall–Kier alpha value is -0.830. The zero-order valence-corrected chi connectivity index (χ0v) is 13.2. The molecule has 0 aliphatic heterocycles. The minimum atomic E-state index is 0.266. The van der Waals surface area contributed by atoms with Crippen molar-refractivity contribution in [2.45, 2.75) is 33.2 Å². The van der Waals surface area contributed by atoms with Crippen LogP contribution >= 0.6 is 22.9 Å². The van der Waals surface area contributed by atoms with Gasteiger partial charge in [0, 0.05) is 9.90 Å². The van der Waals surface area contributed by atoms with Crippen LogP contribution in [0.15, 0.2) is 29.6 Å². The summed E-state index contributed by atoms with van der Waals surface area (Å²) in [5.41, 5.74) is 3.80. The van der Waals surface area contributed by atoms with Crippen molar-refractivity contribution in [1.29, 1.82) is 0 Å². The Balaban J connectivity index is 2.37. The topological polar surface area (TPSA) is 12.0 Å². The summed E-state index contributed by atoms with van der Waals surface area (Å²) in [4.78, 5) is 1.38. The van der Waals surface area contributed by atoms with E-state index in [1.807, 2.05) is 6.07 Å². The van der Waals surface area contributed by atoms with E-state index >= 15 is 0 Å². The number of hydrogen-bond acceptors (Lipinski definition) is 2. The maximum atomic E-state index is 6.13. The Morgan fingerprint density at radius 1 is 1.26 bits per heavy atom. The second-order valence-corrected chi connectivity index (χ2v) is 6.36. The highest BCUT2D eigenvalue weighted by Crippen LogP contribution is 2.30. The molecule has 1 nitrogen and oxygen atoms in total. The van der Waals surface area contributed by atoms with E-state index in [9.17, 15) is 0 Å². The molecule has 1 aromatic heterocycles. The summed E-state index contributed by atoms with van der Waals surface area (Å²) < 4.78 is 0. The fourth-order valence-electron chi connectivity index (χ4n) is 2.24. The van der Waals surface area contributed by atoms with Gasteiger partial charge in [-0.15, -0.1) is 11.3 Å². The molecule has 1 heterocycles. The van der Waals surface area contributed by atoms with E-state index in [4.69, 9.17) is 11.6 Å². The standard InChI is InChI=1S/C16H20ClNS/c1-4-8-18-16(14-7-9-19-12(14)3)13-5-6-15(17)11(2)10-13/h5-7,9-10,16,18H,4,8H2,1-3H3. The van der Waals surface area contributed by atoms with Gasteiger partial charge < -0.3 is 5.32 Å². The van der Waals surface area contributed by atoms with Crippen LogP contribution in [-0.2, 0) is 0 Å². The Morgan fingerprint density at radius 3 is 2.63 bits per heavy atom. The van der Waals surface area contributed by atoms with Crippen molar-refractivity contribution in [2.75, 3.05) is 6.54 Å². The van der Waals surface area contributed by atoms with Crippen molar-refractivity contribution in [3.8, 4) is 0 Å². The summed E-state index contributed by atoms with van der Waals surface area (Å²) in [6.07, 6.45) is 1.13. The van der Waals surface area contributed by atoms with E-state index in [1.165, 1.54) is 16.0 Å². The molecule has 0 saturated carbocycles. The van der Waals surface area contributed by atoms with E-state index < -0.39 is 0 Å². The molecule has 0 bridgehead atoms. The lowest BCUT2D eigenvalue weighted by atomic mass is 9.98. The van der Waals surface area contributed by atoms with E-state index in [0.29, 0.717) is 0 Å². The molecular weight excluding hydrogens is 274 g/mol. The van der Waals surface area contributed by atoms with E-state index in [1.54, 1.807) is 11.3 Å². The first-order chi connectivity index (χ1) is 9.13. The van der Waals surface area contributed by atoms with Crippen LogP contribution in [0.3, 0.4) is 0 Å². The maximum Gasteiger partial charge on any atom is 0.0587 e. The fourth-order valence-corrected chi connectivity index (χ4v) is 3.10. The molecule has 1 unspecified atom stereocenters.